The molecule has 0 radical (unpaired) electrons. The van der Waals surface area contributed by atoms with Gasteiger partial charge in [-0.15, -0.1) is 0 Å². The fourth-order valence-electron chi connectivity index (χ4n) is 5.36. The van der Waals surface area contributed by atoms with Crippen molar-refractivity contribution in [3.8, 4) is 22.9 Å². The van der Waals surface area contributed by atoms with E-state index in [2.05, 4.69) is 41.8 Å². The van der Waals surface area contributed by atoms with E-state index < -0.39 is 0 Å². The lowest BCUT2D eigenvalue weighted by molar-refractivity contribution is -0.0779. The van der Waals surface area contributed by atoms with E-state index in [1.54, 1.807) is 7.11 Å². The summed E-state index contributed by atoms with van der Waals surface area (Å²) in [6, 6.07) is 16.5. The fourth-order valence-corrected chi connectivity index (χ4v) is 5.36. The van der Waals surface area contributed by atoms with Crippen molar-refractivity contribution in [2.24, 2.45) is 0 Å². The van der Waals surface area contributed by atoms with E-state index in [0.717, 1.165) is 66.1 Å². The van der Waals surface area contributed by atoms with Crippen LogP contribution in [0.5, 0.6) is 5.75 Å². The van der Waals surface area contributed by atoms with Crippen LogP contribution in [0.1, 0.15) is 25.8 Å². The Morgan fingerprint density at radius 1 is 1.06 bits per heavy atom. The zero-order chi connectivity index (χ0) is 22.9. The predicted molar refractivity (Wildman–Crippen MR) is 131 cm³/mol. The molecular formula is C27H30N4O2. The van der Waals surface area contributed by atoms with Gasteiger partial charge in [-0.1, -0.05) is 24.3 Å². The Labute approximate surface area is 195 Å². The quantitative estimate of drug-likeness (QED) is 0.594. The molecule has 3 aromatic rings. The topological polar surface area (TPSA) is 61.6 Å². The molecule has 3 atom stereocenters. The van der Waals surface area contributed by atoms with E-state index in [-0.39, 0.29) is 12.2 Å². The Bertz CT molecular complexity index is 1180. The lowest BCUT2D eigenvalue weighted by atomic mass is 10.0. The van der Waals surface area contributed by atoms with E-state index in [1.807, 2.05) is 36.5 Å². The summed E-state index contributed by atoms with van der Waals surface area (Å²) in [7, 11) is 1.74. The van der Waals surface area contributed by atoms with Gasteiger partial charge in [0.25, 0.3) is 0 Å². The van der Waals surface area contributed by atoms with Gasteiger partial charge in [0.2, 0.25) is 0 Å². The fraction of sp³-hybridized carbons (Fsp3) is 0.407. The highest BCUT2D eigenvalue weighted by atomic mass is 16.5. The molecule has 6 nitrogen and oxygen atoms in total. The van der Waals surface area contributed by atoms with E-state index in [4.69, 9.17) is 19.7 Å². The summed E-state index contributed by atoms with van der Waals surface area (Å²) in [5.74, 6) is 0.875. The van der Waals surface area contributed by atoms with Gasteiger partial charge in [-0.05, 0) is 44.0 Å². The lowest BCUT2D eigenvalue weighted by Gasteiger charge is -2.39. The molecule has 33 heavy (non-hydrogen) atoms. The van der Waals surface area contributed by atoms with Gasteiger partial charge in [0.05, 0.1) is 48.4 Å². The molecule has 2 fully saturated rings. The molecule has 0 aliphatic carbocycles. The van der Waals surface area contributed by atoms with Crippen molar-refractivity contribution >= 4 is 16.6 Å². The second-order valence-corrected chi connectivity index (χ2v) is 9.17. The maximum atomic E-state index is 9.11. The van der Waals surface area contributed by atoms with Gasteiger partial charge in [0.15, 0.2) is 5.75 Å². The second kappa shape index (κ2) is 9.01. The number of rotatable bonds is 4. The number of nitrogens with zero attached hydrogens (tertiary/aromatic N) is 4. The van der Waals surface area contributed by atoms with Gasteiger partial charge >= 0.3 is 0 Å². The molecule has 0 N–H and O–H groups in total. The number of methoxy groups -OCH3 is 1. The van der Waals surface area contributed by atoms with Crippen LogP contribution in [0.15, 0.2) is 48.7 Å². The monoisotopic (exact) mass is 442 g/mol. The average Bonchev–Trinajstić information content (AvgIpc) is 3.32. The van der Waals surface area contributed by atoms with E-state index in [9.17, 15) is 0 Å². The average molecular weight is 443 g/mol. The van der Waals surface area contributed by atoms with Crippen molar-refractivity contribution in [2.45, 2.75) is 38.5 Å². The van der Waals surface area contributed by atoms with Crippen molar-refractivity contribution < 1.29 is 9.47 Å². The third-order valence-electron chi connectivity index (χ3n) is 6.83. The number of nitriles is 1. The Balaban J connectivity index is 1.46. The van der Waals surface area contributed by atoms with Crippen LogP contribution in [0.25, 0.3) is 22.0 Å². The summed E-state index contributed by atoms with van der Waals surface area (Å²) in [6.45, 7) is 8.27. The molecule has 0 bridgehead atoms. The highest BCUT2D eigenvalue weighted by molar-refractivity contribution is 5.99. The van der Waals surface area contributed by atoms with Crippen LogP contribution in [0, 0.1) is 11.3 Å². The number of aromatic nitrogens is 1. The van der Waals surface area contributed by atoms with Crippen LogP contribution < -0.4 is 9.64 Å². The molecular weight excluding hydrogens is 412 g/mol. The number of hydrogen-bond donors (Lipinski definition) is 0. The highest BCUT2D eigenvalue weighted by Crippen LogP contribution is 2.40. The van der Waals surface area contributed by atoms with Crippen LogP contribution in [-0.4, -0.2) is 61.4 Å². The first-order chi connectivity index (χ1) is 16.1. The SMILES string of the molecule is COc1c(N2CCC(N3C[C@@H](C)O[C@@H](C)C3)C2)cnc2c(-c3ccc(C#N)cc3)cccc12. The van der Waals surface area contributed by atoms with E-state index in [0.29, 0.717) is 11.6 Å². The second-order valence-electron chi connectivity index (χ2n) is 9.17. The molecule has 2 saturated heterocycles. The van der Waals surface area contributed by atoms with Crippen molar-refractivity contribution in [1.29, 1.82) is 5.26 Å². The van der Waals surface area contributed by atoms with Gasteiger partial charge in [0, 0.05) is 43.2 Å². The predicted octanol–water partition coefficient (Wildman–Crippen LogP) is 4.47. The van der Waals surface area contributed by atoms with Gasteiger partial charge in [0.1, 0.15) is 0 Å². The highest BCUT2D eigenvalue weighted by Gasteiger charge is 2.33. The zero-order valence-electron chi connectivity index (χ0n) is 19.5. The van der Waals surface area contributed by atoms with Crippen LogP contribution in [0.3, 0.4) is 0 Å². The molecule has 2 aliphatic heterocycles. The Morgan fingerprint density at radius 2 is 1.82 bits per heavy atom. The number of para-hydroxylation sites is 1. The standard InChI is InChI=1S/C27H30N4O2/c1-18-15-31(16-19(2)33-18)22-11-12-30(17-22)25-14-29-26-23(5-4-6-24(26)27(25)32-3)21-9-7-20(13-28)8-10-21/h4-10,14,18-19,22H,11-12,15-17H2,1-3H3/t18-,19+,22?. The first-order valence-corrected chi connectivity index (χ1v) is 11.7. The Hall–Kier alpha value is -3.14. The van der Waals surface area contributed by atoms with E-state index in [1.165, 1.54) is 0 Å². The maximum Gasteiger partial charge on any atom is 0.153 e. The number of benzene rings is 2. The van der Waals surface area contributed by atoms with Crippen LogP contribution >= 0.6 is 0 Å². The molecule has 1 unspecified atom stereocenters. The smallest absolute Gasteiger partial charge is 0.153 e. The number of morpholine rings is 1. The van der Waals surface area contributed by atoms with Gasteiger partial charge in [-0.2, -0.15) is 5.26 Å². The number of fused-ring (bicyclic) bond motifs is 1. The van der Waals surface area contributed by atoms with Crippen molar-refractivity contribution in [3.63, 3.8) is 0 Å². The summed E-state index contributed by atoms with van der Waals surface area (Å²) < 4.78 is 11.9. The molecule has 3 heterocycles. The van der Waals surface area contributed by atoms with Crippen LogP contribution in [-0.2, 0) is 4.74 Å². The minimum absolute atomic E-state index is 0.278. The summed E-state index contributed by atoms with van der Waals surface area (Å²) in [5.41, 5.74) is 4.70. The number of anilines is 1. The minimum Gasteiger partial charge on any atom is -0.494 e. The largest absolute Gasteiger partial charge is 0.494 e. The molecule has 5 rings (SSSR count). The molecule has 0 spiro atoms. The third-order valence-corrected chi connectivity index (χ3v) is 6.83. The third kappa shape index (κ3) is 4.15. The first-order valence-electron chi connectivity index (χ1n) is 11.7. The molecule has 0 amide bonds. The van der Waals surface area contributed by atoms with Gasteiger partial charge < -0.3 is 14.4 Å². The summed E-state index contributed by atoms with van der Waals surface area (Å²) in [5, 5.41) is 10.1. The first kappa shape index (κ1) is 21.7. The molecule has 0 saturated carbocycles. The molecule has 170 valence electrons. The minimum atomic E-state index is 0.278. The number of pyridine rings is 1. The summed E-state index contributed by atoms with van der Waals surface area (Å²) in [6.07, 6.45) is 3.65. The molecule has 1 aromatic heterocycles. The number of hydrogen-bond acceptors (Lipinski definition) is 6. The summed E-state index contributed by atoms with van der Waals surface area (Å²) >= 11 is 0. The lowest BCUT2D eigenvalue weighted by Crippen LogP contribution is -2.50. The van der Waals surface area contributed by atoms with Crippen molar-refractivity contribution in [1.82, 2.24) is 9.88 Å². The molecule has 2 aromatic carbocycles. The van der Waals surface area contributed by atoms with E-state index >= 15 is 0 Å². The Kier molecular flexibility index (Phi) is 5.92. The van der Waals surface area contributed by atoms with Crippen LogP contribution in [0.4, 0.5) is 5.69 Å². The van der Waals surface area contributed by atoms with Gasteiger partial charge in [-0.3, -0.25) is 9.88 Å². The summed E-state index contributed by atoms with van der Waals surface area (Å²) in [4.78, 5) is 9.89. The molecule has 6 heteroatoms. The van der Waals surface area contributed by atoms with Crippen molar-refractivity contribution in [3.05, 3.63) is 54.2 Å². The molecule has 2 aliphatic rings. The zero-order valence-corrected chi connectivity index (χ0v) is 19.5. The van der Waals surface area contributed by atoms with Crippen LogP contribution in [0.2, 0.25) is 0 Å². The maximum absolute atomic E-state index is 9.11. The van der Waals surface area contributed by atoms with Crippen molar-refractivity contribution in [2.75, 3.05) is 38.2 Å². The number of ether oxygens (including phenoxy) is 2. The van der Waals surface area contributed by atoms with Gasteiger partial charge in [-0.25, -0.2) is 0 Å². The Morgan fingerprint density at radius 3 is 2.52 bits per heavy atom. The normalized spacial score (nSPS) is 23.6.